The molecule has 8 aromatic carbocycles. The molecular weight excluding hydrogens is 877 g/mol. The first-order valence-corrected chi connectivity index (χ1v) is 21.6. The molecule has 0 saturated heterocycles. The van der Waals surface area contributed by atoms with Crippen molar-refractivity contribution >= 4 is 23.9 Å². The van der Waals surface area contributed by atoms with Crippen LogP contribution in [0.1, 0.15) is 44.5 Å². The maximum atomic E-state index is 15.4. The van der Waals surface area contributed by atoms with Gasteiger partial charge in [0.1, 0.15) is 0 Å². The van der Waals surface area contributed by atoms with E-state index >= 15 is 19.2 Å². The highest BCUT2D eigenvalue weighted by Gasteiger charge is 2.62. The van der Waals surface area contributed by atoms with Crippen LogP contribution < -0.4 is 0 Å². The summed E-state index contributed by atoms with van der Waals surface area (Å²) in [6, 6.07) is 59.4. The van der Waals surface area contributed by atoms with Crippen LogP contribution in [0.5, 0.6) is 0 Å². The molecule has 0 aliphatic heterocycles. The summed E-state index contributed by atoms with van der Waals surface area (Å²) in [6.45, 7) is 0. The SMILES string of the molecule is O=C(OC(OC(=O)C(O)(c1ccccc1)c1ccccc1)(OC(=O)C(O)(c1ccccc1)c1ccccc1)OC(=O)C(O)(c1ccccc1)c1ccccc1)C(O)(c1ccccc1)c1ccccc1. The molecule has 4 N–H and O–H groups in total. The summed E-state index contributed by atoms with van der Waals surface area (Å²) < 4.78 is 23.9. The number of rotatable bonds is 16. The summed E-state index contributed by atoms with van der Waals surface area (Å²) in [5.41, 5.74) is -12.4. The lowest BCUT2D eigenvalue weighted by atomic mass is 9.86. The molecular formula is C57H44O12. The number of benzene rings is 8. The fourth-order valence-corrected chi connectivity index (χ4v) is 7.92. The van der Waals surface area contributed by atoms with E-state index in [1.165, 1.54) is 194 Å². The molecule has 12 heteroatoms. The molecule has 8 aromatic rings. The van der Waals surface area contributed by atoms with Gasteiger partial charge in [0.2, 0.25) is 22.4 Å². The van der Waals surface area contributed by atoms with Crippen molar-refractivity contribution < 1.29 is 58.6 Å². The van der Waals surface area contributed by atoms with Gasteiger partial charge in [-0.25, -0.2) is 19.2 Å². The number of carbonyl (C=O) groups is 4. The topological polar surface area (TPSA) is 186 Å². The standard InChI is InChI=1S/C57H44O12/c58-49(53(62,41-25-9-1-10-26-41)42-27-11-2-12-28-42)66-57(67-50(59)54(63,43-29-13-3-14-30-43)44-31-15-4-16-32-44,68-51(60)55(64,45-33-17-5-18-34-45)46-35-19-6-20-36-46)69-52(61)56(65,47-37-21-7-22-38-47)48-39-23-8-24-40-48/h1-40,62-65H. The molecule has 0 unspecified atom stereocenters. The Morgan fingerprint density at radius 3 is 0.464 bits per heavy atom. The fourth-order valence-electron chi connectivity index (χ4n) is 7.92. The lowest BCUT2D eigenvalue weighted by Crippen LogP contribution is -2.58. The van der Waals surface area contributed by atoms with Crippen LogP contribution in [-0.2, 0) is 60.5 Å². The van der Waals surface area contributed by atoms with Crippen LogP contribution in [0.15, 0.2) is 243 Å². The monoisotopic (exact) mass is 920 g/mol. The Balaban J connectivity index is 1.40. The van der Waals surface area contributed by atoms with E-state index in [2.05, 4.69) is 0 Å². The average molecular weight is 921 g/mol. The second-order valence-electron chi connectivity index (χ2n) is 15.8. The van der Waals surface area contributed by atoms with E-state index in [1.807, 2.05) is 0 Å². The maximum absolute atomic E-state index is 15.4. The molecule has 8 rings (SSSR count). The summed E-state index contributed by atoms with van der Waals surface area (Å²) >= 11 is 0. The number of carbonyl (C=O) groups excluding carboxylic acids is 4. The van der Waals surface area contributed by atoms with Crippen molar-refractivity contribution in [1.82, 2.24) is 0 Å². The Labute approximate surface area is 396 Å². The van der Waals surface area contributed by atoms with E-state index in [4.69, 9.17) is 18.9 Å². The molecule has 0 aliphatic rings. The Morgan fingerprint density at radius 1 is 0.232 bits per heavy atom. The second-order valence-corrected chi connectivity index (χ2v) is 15.8. The normalized spacial score (nSPS) is 12.0. The third-order valence-electron chi connectivity index (χ3n) is 11.6. The molecule has 0 radical (unpaired) electrons. The number of aliphatic hydroxyl groups is 4. The van der Waals surface area contributed by atoms with Crippen molar-refractivity contribution in [1.29, 1.82) is 0 Å². The molecule has 0 bridgehead atoms. The number of hydrogen-bond donors (Lipinski definition) is 4. The van der Waals surface area contributed by atoms with Gasteiger partial charge < -0.3 is 39.4 Å². The maximum Gasteiger partial charge on any atom is 0.620 e. The lowest BCUT2D eigenvalue weighted by molar-refractivity contribution is -0.441. The van der Waals surface area contributed by atoms with Gasteiger partial charge in [-0.2, -0.15) is 0 Å². The average Bonchev–Trinajstić information content (AvgIpc) is 3.41. The van der Waals surface area contributed by atoms with Crippen molar-refractivity contribution in [2.45, 2.75) is 28.6 Å². The largest absolute Gasteiger partial charge is 0.620 e. The van der Waals surface area contributed by atoms with E-state index in [0.717, 1.165) is 0 Å². The Morgan fingerprint density at radius 2 is 0.348 bits per heavy atom. The molecule has 0 heterocycles. The Bertz CT molecular complexity index is 2420. The molecule has 0 saturated carbocycles. The molecule has 0 amide bonds. The zero-order valence-corrected chi connectivity index (χ0v) is 36.6. The summed E-state index contributed by atoms with van der Waals surface area (Å²) in [7, 11) is 0. The summed E-state index contributed by atoms with van der Waals surface area (Å²) in [6.07, 6.45) is -4.19. The van der Waals surface area contributed by atoms with E-state index < -0.39 is 52.4 Å². The Hall–Kier alpha value is -8.52. The molecule has 0 spiro atoms. The van der Waals surface area contributed by atoms with Crippen LogP contribution in [0.25, 0.3) is 0 Å². The van der Waals surface area contributed by atoms with Crippen LogP contribution in [-0.4, -0.2) is 50.5 Å². The van der Waals surface area contributed by atoms with Gasteiger partial charge >= 0.3 is 30.0 Å². The smallest absolute Gasteiger partial charge is 0.370 e. The van der Waals surface area contributed by atoms with Gasteiger partial charge in [0, 0.05) is 0 Å². The first-order chi connectivity index (χ1) is 33.4. The van der Waals surface area contributed by atoms with Crippen LogP contribution in [0.4, 0.5) is 0 Å². The zero-order chi connectivity index (χ0) is 48.5. The van der Waals surface area contributed by atoms with Crippen molar-refractivity contribution in [2.75, 3.05) is 0 Å². The van der Waals surface area contributed by atoms with Crippen molar-refractivity contribution in [2.24, 2.45) is 0 Å². The van der Waals surface area contributed by atoms with E-state index in [9.17, 15) is 20.4 Å². The van der Waals surface area contributed by atoms with Gasteiger partial charge in [-0.05, 0) is 44.5 Å². The quantitative estimate of drug-likeness (QED) is 0.0553. The fraction of sp³-hybridized carbons (Fsp3) is 0.0877. The van der Waals surface area contributed by atoms with E-state index in [-0.39, 0.29) is 44.5 Å². The van der Waals surface area contributed by atoms with Gasteiger partial charge in [-0.15, -0.1) is 0 Å². The minimum absolute atomic E-state index is 0.112. The predicted octanol–water partition coefficient (Wildman–Crippen LogP) is 7.51. The molecule has 0 aliphatic carbocycles. The van der Waals surface area contributed by atoms with Gasteiger partial charge in [0.25, 0.3) is 0 Å². The first-order valence-electron chi connectivity index (χ1n) is 21.6. The molecule has 0 aromatic heterocycles. The second kappa shape index (κ2) is 19.8. The van der Waals surface area contributed by atoms with Gasteiger partial charge in [-0.1, -0.05) is 243 Å². The van der Waals surface area contributed by atoms with Crippen molar-refractivity contribution in [3.63, 3.8) is 0 Å². The number of hydrogen-bond acceptors (Lipinski definition) is 12. The van der Waals surface area contributed by atoms with Crippen molar-refractivity contribution in [3.8, 4) is 0 Å². The number of ether oxygens (including phenoxy) is 4. The van der Waals surface area contributed by atoms with E-state index in [1.54, 1.807) is 48.5 Å². The highest BCUT2D eigenvalue weighted by molar-refractivity contribution is 5.91. The summed E-state index contributed by atoms with van der Waals surface area (Å²) in [4.78, 5) is 61.4. The number of esters is 4. The van der Waals surface area contributed by atoms with Crippen LogP contribution >= 0.6 is 0 Å². The lowest BCUT2D eigenvalue weighted by Gasteiger charge is -2.38. The highest BCUT2D eigenvalue weighted by Crippen LogP contribution is 2.41. The van der Waals surface area contributed by atoms with Crippen molar-refractivity contribution in [3.05, 3.63) is 287 Å². The molecule has 0 atom stereocenters. The molecule has 344 valence electrons. The van der Waals surface area contributed by atoms with Crippen LogP contribution in [0.2, 0.25) is 0 Å². The third-order valence-corrected chi connectivity index (χ3v) is 11.6. The van der Waals surface area contributed by atoms with Crippen LogP contribution in [0.3, 0.4) is 0 Å². The minimum Gasteiger partial charge on any atom is -0.370 e. The Kier molecular flexibility index (Phi) is 13.5. The summed E-state index contributed by atoms with van der Waals surface area (Å²) in [5.74, 6) is -7.05. The van der Waals surface area contributed by atoms with E-state index in [0.29, 0.717) is 0 Å². The summed E-state index contributed by atoms with van der Waals surface area (Å²) in [5, 5.41) is 51.2. The minimum atomic E-state index is -4.19. The predicted molar refractivity (Wildman–Crippen MR) is 251 cm³/mol. The van der Waals surface area contributed by atoms with Crippen LogP contribution in [0, 0.1) is 0 Å². The highest BCUT2D eigenvalue weighted by atomic mass is 17.0. The molecule has 12 nitrogen and oxygen atoms in total. The van der Waals surface area contributed by atoms with Gasteiger partial charge in [-0.3, -0.25) is 0 Å². The first kappa shape index (κ1) is 47.0. The van der Waals surface area contributed by atoms with Gasteiger partial charge in [0.15, 0.2) is 0 Å². The molecule has 0 fully saturated rings. The zero-order valence-electron chi connectivity index (χ0n) is 36.6. The van der Waals surface area contributed by atoms with Gasteiger partial charge in [0.05, 0.1) is 0 Å². The third kappa shape index (κ3) is 9.04. The molecule has 69 heavy (non-hydrogen) atoms.